The molecule has 1 aromatic heterocycles. The van der Waals surface area contributed by atoms with Crippen molar-refractivity contribution in [3.63, 3.8) is 0 Å². The number of aryl methyl sites for hydroxylation is 1. The Labute approximate surface area is 336 Å². The van der Waals surface area contributed by atoms with Crippen LogP contribution in [-0.4, -0.2) is 128 Å². The van der Waals surface area contributed by atoms with Crippen LogP contribution in [0.3, 0.4) is 0 Å². The first-order valence-corrected chi connectivity index (χ1v) is 19.3. The van der Waals surface area contributed by atoms with Crippen molar-refractivity contribution in [2.75, 3.05) is 25.0 Å². The highest BCUT2D eigenvalue weighted by Crippen LogP contribution is 2.31. The van der Waals surface area contributed by atoms with Crippen molar-refractivity contribution in [3.8, 4) is 0 Å². The number of nitrogens with one attached hydrogen (secondary N) is 5. The second kappa shape index (κ2) is 22.0. The average Bonchev–Trinajstić information content (AvgIpc) is 3.50. The molecule has 0 unspecified atom stereocenters. The molecule has 14 N–H and O–H groups in total. The maximum absolute atomic E-state index is 13.6. The fraction of sp³-hybridized carbons (Fsp3) is 0.538. The SMILES string of the molecule is CCn1c2ccccc2c2cc(NC(=O)[C@H](CCCN=C(N)N)NC(=O)CNC(=O)[C@H](CC(C)C)NC(=O)[C@@H](NC(=O)[C@H](O)[C@@H](O)[C@H](O)[C@H](O)CO)C(C)C)ccc21. The summed E-state index contributed by atoms with van der Waals surface area (Å²) in [7, 11) is 0. The number of para-hydroxylation sites is 1. The Balaban J connectivity index is 1.70. The van der Waals surface area contributed by atoms with Crippen molar-refractivity contribution < 1.29 is 49.5 Å². The smallest absolute Gasteiger partial charge is 0.252 e. The van der Waals surface area contributed by atoms with Gasteiger partial charge in [-0.25, -0.2) is 0 Å². The van der Waals surface area contributed by atoms with E-state index in [-0.39, 0.29) is 31.3 Å². The highest BCUT2D eigenvalue weighted by Gasteiger charge is 2.37. The fourth-order valence-corrected chi connectivity index (χ4v) is 6.43. The molecule has 0 saturated carbocycles. The lowest BCUT2D eigenvalue weighted by Crippen LogP contribution is -2.59. The van der Waals surface area contributed by atoms with Gasteiger partial charge in [-0.15, -0.1) is 0 Å². The maximum Gasteiger partial charge on any atom is 0.252 e. The number of benzene rings is 2. The van der Waals surface area contributed by atoms with Gasteiger partial charge in [0.15, 0.2) is 12.1 Å². The quantitative estimate of drug-likeness (QED) is 0.0314. The third-order valence-corrected chi connectivity index (χ3v) is 9.49. The zero-order valence-corrected chi connectivity index (χ0v) is 33.5. The summed E-state index contributed by atoms with van der Waals surface area (Å²) in [6.07, 6.45) is -7.78. The molecule has 1 heterocycles. The van der Waals surface area contributed by atoms with Crippen molar-refractivity contribution in [1.82, 2.24) is 25.8 Å². The summed E-state index contributed by atoms with van der Waals surface area (Å²) >= 11 is 0. The summed E-state index contributed by atoms with van der Waals surface area (Å²) in [6.45, 7) is 8.25. The number of aliphatic imine (C=N–C) groups is 1. The van der Waals surface area contributed by atoms with Gasteiger partial charge < -0.3 is 68.2 Å². The highest BCUT2D eigenvalue weighted by molar-refractivity contribution is 6.10. The Kier molecular flexibility index (Phi) is 17.8. The Hall–Kier alpha value is -5.34. The van der Waals surface area contributed by atoms with Crippen LogP contribution in [0.5, 0.6) is 0 Å². The molecule has 3 rings (SSSR count). The number of anilines is 1. The molecule has 19 nitrogen and oxygen atoms in total. The van der Waals surface area contributed by atoms with E-state index in [0.29, 0.717) is 12.1 Å². The molecule has 0 bridgehead atoms. The van der Waals surface area contributed by atoms with Gasteiger partial charge in [0.05, 0.1) is 13.2 Å². The molecular weight excluding hydrogens is 754 g/mol. The largest absolute Gasteiger partial charge is 0.394 e. The van der Waals surface area contributed by atoms with Gasteiger partial charge in [0, 0.05) is 40.6 Å². The van der Waals surface area contributed by atoms with Gasteiger partial charge in [-0.1, -0.05) is 45.9 Å². The number of aliphatic hydroxyl groups is 5. The summed E-state index contributed by atoms with van der Waals surface area (Å²) in [5.41, 5.74) is 13.5. The fourth-order valence-electron chi connectivity index (χ4n) is 6.43. The Morgan fingerprint density at radius 1 is 0.793 bits per heavy atom. The summed E-state index contributed by atoms with van der Waals surface area (Å²) in [4.78, 5) is 70.3. The molecule has 2 aromatic carbocycles. The number of nitrogens with zero attached hydrogens (tertiary/aromatic N) is 2. The van der Waals surface area contributed by atoms with Gasteiger partial charge in [0.1, 0.15) is 36.4 Å². The van der Waals surface area contributed by atoms with Gasteiger partial charge in [-0.05, 0) is 62.3 Å². The van der Waals surface area contributed by atoms with Crippen LogP contribution in [-0.2, 0) is 30.5 Å². The van der Waals surface area contributed by atoms with Gasteiger partial charge in [0.25, 0.3) is 5.91 Å². The van der Waals surface area contributed by atoms with Crippen LogP contribution in [0, 0.1) is 11.8 Å². The van der Waals surface area contributed by atoms with Crippen LogP contribution in [0.1, 0.15) is 53.9 Å². The summed E-state index contributed by atoms with van der Waals surface area (Å²) in [5, 5.41) is 63.7. The number of aromatic nitrogens is 1. The molecule has 320 valence electrons. The first kappa shape index (κ1) is 47.0. The molecule has 0 radical (unpaired) electrons. The Morgan fingerprint density at radius 3 is 2.09 bits per heavy atom. The molecule has 0 aliphatic heterocycles. The van der Waals surface area contributed by atoms with Crippen molar-refractivity contribution in [2.45, 2.75) is 103 Å². The topological polar surface area (TPSA) is 316 Å². The van der Waals surface area contributed by atoms with Crippen LogP contribution in [0.2, 0.25) is 0 Å². The lowest BCUT2D eigenvalue weighted by molar-refractivity contribution is -0.151. The van der Waals surface area contributed by atoms with Crippen molar-refractivity contribution in [1.29, 1.82) is 0 Å². The van der Waals surface area contributed by atoms with E-state index in [0.717, 1.165) is 28.4 Å². The van der Waals surface area contributed by atoms with E-state index >= 15 is 0 Å². The molecule has 19 heteroatoms. The number of carbonyl (C=O) groups is 5. The maximum atomic E-state index is 13.6. The monoisotopic (exact) mass is 813 g/mol. The molecule has 0 fully saturated rings. The molecule has 0 aliphatic rings. The minimum atomic E-state index is -2.28. The van der Waals surface area contributed by atoms with Gasteiger partial charge in [-0.2, -0.15) is 0 Å². The van der Waals surface area contributed by atoms with E-state index in [4.69, 9.17) is 16.6 Å². The molecule has 7 atom stereocenters. The Morgan fingerprint density at radius 2 is 1.47 bits per heavy atom. The third kappa shape index (κ3) is 12.8. The number of aliphatic hydroxyl groups excluding tert-OH is 5. The second-order valence-electron chi connectivity index (χ2n) is 14.9. The minimum Gasteiger partial charge on any atom is -0.394 e. The average molecular weight is 814 g/mol. The van der Waals surface area contributed by atoms with Crippen LogP contribution in [0.25, 0.3) is 21.8 Å². The molecule has 58 heavy (non-hydrogen) atoms. The Bertz CT molecular complexity index is 1910. The normalized spacial score (nSPS) is 15.2. The van der Waals surface area contributed by atoms with Crippen molar-refractivity contribution >= 4 is 63.0 Å². The zero-order valence-electron chi connectivity index (χ0n) is 33.5. The van der Waals surface area contributed by atoms with E-state index < -0.39 is 91.1 Å². The van der Waals surface area contributed by atoms with Crippen LogP contribution < -0.4 is 38.1 Å². The van der Waals surface area contributed by atoms with Crippen LogP contribution >= 0.6 is 0 Å². The second-order valence-corrected chi connectivity index (χ2v) is 14.9. The lowest BCUT2D eigenvalue weighted by Gasteiger charge is -2.29. The number of rotatable bonds is 22. The van der Waals surface area contributed by atoms with Gasteiger partial charge >= 0.3 is 0 Å². The van der Waals surface area contributed by atoms with Crippen LogP contribution in [0.15, 0.2) is 47.5 Å². The number of guanidine groups is 1. The number of nitrogens with two attached hydrogens (primary N) is 2. The molecule has 0 spiro atoms. The number of hydrogen-bond acceptors (Lipinski definition) is 11. The number of hydrogen-bond donors (Lipinski definition) is 12. The number of carbonyl (C=O) groups excluding carboxylic acids is 5. The number of fused-ring (bicyclic) bond motifs is 3. The van der Waals surface area contributed by atoms with E-state index in [9.17, 15) is 44.4 Å². The van der Waals surface area contributed by atoms with E-state index in [1.165, 1.54) is 0 Å². The predicted octanol–water partition coefficient (Wildman–Crippen LogP) is -1.48. The summed E-state index contributed by atoms with van der Waals surface area (Å²) in [5.74, 6) is -4.84. The third-order valence-electron chi connectivity index (χ3n) is 9.49. The molecular formula is C39H59N9O10. The first-order chi connectivity index (χ1) is 27.4. The van der Waals surface area contributed by atoms with Gasteiger partial charge in [0.2, 0.25) is 23.6 Å². The summed E-state index contributed by atoms with van der Waals surface area (Å²) < 4.78 is 2.18. The standard InChI is InChI=1S/C39H59N9O10/c1-6-48-27-12-8-7-10-23(27)24-17-22(13-14-28(24)48)44-36(56)25(11-9-15-42-39(40)41)45-30(51)18-43-35(55)26(16-20(2)3)46-37(57)31(21(4)5)47-38(58)34(54)33(53)32(52)29(50)19-49/h7-8,10,12-14,17,20-21,25-26,29,31-34,49-50,52-54H,6,9,11,15-16,18-19H2,1-5H3,(H,43,55)(H,44,56)(H,45,51)(H,46,57)(H,47,58)(H4,40,41,42)/t25-,26-,29+,31-,32+,33-,34+/m0/s1. The van der Waals surface area contributed by atoms with E-state index in [1.54, 1.807) is 33.8 Å². The number of amides is 5. The van der Waals surface area contributed by atoms with Crippen molar-refractivity contribution in [2.24, 2.45) is 28.3 Å². The van der Waals surface area contributed by atoms with E-state index in [2.05, 4.69) is 43.1 Å². The molecule has 0 aliphatic carbocycles. The predicted molar refractivity (Wildman–Crippen MR) is 218 cm³/mol. The first-order valence-electron chi connectivity index (χ1n) is 19.3. The molecule has 3 aromatic rings. The van der Waals surface area contributed by atoms with E-state index in [1.807, 2.05) is 36.4 Å². The summed E-state index contributed by atoms with van der Waals surface area (Å²) in [6, 6.07) is 9.97. The highest BCUT2D eigenvalue weighted by atomic mass is 16.4. The van der Waals surface area contributed by atoms with Crippen LogP contribution in [0.4, 0.5) is 5.69 Å². The van der Waals surface area contributed by atoms with Crippen molar-refractivity contribution in [3.05, 3.63) is 42.5 Å². The molecule has 0 saturated heterocycles. The van der Waals surface area contributed by atoms with Gasteiger partial charge in [-0.3, -0.25) is 29.0 Å². The zero-order chi connectivity index (χ0) is 43.3. The molecule has 5 amide bonds. The minimum absolute atomic E-state index is 0.121. The lowest BCUT2D eigenvalue weighted by atomic mass is 9.98.